The summed E-state index contributed by atoms with van der Waals surface area (Å²) in [5, 5.41) is 2.67. The van der Waals surface area contributed by atoms with Gasteiger partial charge in [-0.1, -0.05) is 13.8 Å². The Kier molecular flexibility index (Phi) is 5.22. The molecule has 0 saturated carbocycles. The van der Waals surface area contributed by atoms with Crippen molar-refractivity contribution in [2.45, 2.75) is 33.1 Å². The van der Waals surface area contributed by atoms with E-state index >= 15 is 0 Å². The van der Waals surface area contributed by atoms with E-state index in [-0.39, 0.29) is 11.3 Å². The van der Waals surface area contributed by atoms with Crippen LogP contribution in [-0.2, 0) is 5.41 Å². The van der Waals surface area contributed by atoms with Gasteiger partial charge in [0.1, 0.15) is 5.76 Å². The van der Waals surface area contributed by atoms with Crippen LogP contribution >= 0.6 is 0 Å². The van der Waals surface area contributed by atoms with Crippen molar-refractivity contribution in [3.8, 4) is 0 Å². The predicted octanol–water partition coefficient (Wildman–Crippen LogP) is 4.56. The second-order valence-electron chi connectivity index (χ2n) is 7.11. The third-order valence-corrected chi connectivity index (χ3v) is 5.13. The molecule has 0 aliphatic carbocycles. The highest BCUT2D eigenvalue weighted by Gasteiger charge is 2.34. The molecule has 1 aliphatic heterocycles. The van der Waals surface area contributed by atoms with Crippen LogP contribution in [0.5, 0.6) is 0 Å². The fourth-order valence-corrected chi connectivity index (χ4v) is 3.37. The summed E-state index contributed by atoms with van der Waals surface area (Å²) in [5.74, 6) is 1.60. The monoisotopic (exact) mass is 365 g/mol. The molecule has 1 aromatic carbocycles. The van der Waals surface area contributed by atoms with E-state index in [9.17, 15) is 4.79 Å². The van der Waals surface area contributed by atoms with E-state index in [2.05, 4.69) is 37.9 Å². The van der Waals surface area contributed by atoms with Crippen LogP contribution in [0.15, 0.2) is 45.8 Å². The van der Waals surface area contributed by atoms with Crippen LogP contribution in [0.2, 0.25) is 0 Å². The molecule has 0 bridgehead atoms. The lowest BCUT2D eigenvalue weighted by Gasteiger charge is -2.20. The summed E-state index contributed by atoms with van der Waals surface area (Å²) in [6, 6.07) is 9.63. The fourth-order valence-electron chi connectivity index (χ4n) is 3.37. The summed E-state index contributed by atoms with van der Waals surface area (Å²) >= 11 is 0. The van der Waals surface area contributed by atoms with Gasteiger partial charge in [0.15, 0.2) is 5.88 Å². The average molecular weight is 365 g/mol. The lowest BCUT2D eigenvalue weighted by molar-refractivity contribution is 0.0963. The minimum Gasteiger partial charge on any atom is -0.441 e. The van der Waals surface area contributed by atoms with Gasteiger partial charge >= 0.3 is 0 Å². The number of hydrogen-bond donors (Lipinski definition) is 1. The number of hydrogen-bond acceptors (Lipinski definition) is 4. The minimum absolute atomic E-state index is 0.0860. The Balaban J connectivity index is 1.84. The maximum Gasteiger partial charge on any atom is 0.251 e. The number of carbonyl (C=O) groups excluding carboxylic acids is 1. The van der Waals surface area contributed by atoms with Gasteiger partial charge in [0, 0.05) is 37.2 Å². The van der Waals surface area contributed by atoms with Gasteiger partial charge in [0.05, 0.1) is 11.4 Å². The molecule has 0 fully saturated rings. The molecule has 1 aliphatic rings. The van der Waals surface area contributed by atoms with Gasteiger partial charge in [-0.25, -0.2) is 0 Å². The van der Waals surface area contributed by atoms with Crippen LogP contribution in [0.25, 0.3) is 6.08 Å². The summed E-state index contributed by atoms with van der Waals surface area (Å²) < 4.78 is 5.93. The van der Waals surface area contributed by atoms with E-state index in [1.807, 2.05) is 42.5 Å². The summed E-state index contributed by atoms with van der Waals surface area (Å²) in [5.41, 5.74) is 3.30. The maximum absolute atomic E-state index is 11.9. The quantitative estimate of drug-likeness (QED) is 0.816. The van der Waals surface area contributed by atoms with Gasteiger partial charge in [-0.15, -0.1) is 0 Å². The van der Waals surface area contributed by atoms with Crippen molar-refractivity contribution in [1.82, 2.24) is 5.32 Å². The van der Waals surface area contributed by atoms with Crippen molar-refractivity contribution in [3.63, 3.8) is 0 Å². The average Bonchev–Trinajstić information content (AvgIpc) is 3.23. The number of nitrogens with one attached hydrogen (secondary N) is 1. The van der Waals surface area contributed by atoms with Gasteiger partial charge < -0.3 is 14.6 Å². The Morgan fingerprint density at radius 3 is 2.59 bits per heavy atom. The number of fused-ring (bicyclic) bond motifs is 1. The normalized spacial score (nSPS) is 14.9. The summed E-state index contributed by atoms with van der Waals surface area (Å²) in [7, 11) is 1.64. The Bertz CT molecular complexity index is 902. The number of furan rings is 1. The first-order chi connectivity index (χ1) is 12.9. The number of aliphatic imine (C=N–C) groups is 1. The Labute approximate surface area is 160 Å². The number of amides is 1. The Morgan fingerprint density at radius 1 is 1.19 bits per heavy atom. The summed E-state index contributed by atoms with van der Waals surface area (Å²) in [4.78, 5) is 18.9. The second-order valence-corrected chi connectivity index (χ2v) is 7.11. The number of rotatable bonds is 6. The first-order valence-corrected chi connectivity index (χ1v) is 9.39. The lowest BCUT2D eigenvalue weighted by Crippen LogP contribution is -2.24. The predicted molar refractivity (Wildman–Crippen MR) is 111 cm³/mol. The zero-order chi connectivity index (χ0) is 19.6. The first kappa shape index (κ1) is 19.0. The van der Waals surface area contributed by atoms with E-state index in [1.54, 1.807) is 7.05 Å². The Hall–Kier alpha value is -2.82. The molecule has 142 valence electrons. The van der Waals surface area contributed by atoms with E-state index in [0.717, 1.165) is 41.7 Å². The highest BCUT2D eigenvalue weighted by Crippen LogP contribution is 2.41. The lowest BCUT2D eigenvalue weighted by atomic mass is 9.80. The summed E-state index contributed by atoms with van der Waals surface area (Å²) in [6.07, 6.45) is 3.96. The van der Waals surface area contributed by atoms with Crippen molar-refractivity contribution in [3.05, 3.63) is 53.3 Å². The molecular formula is C22H27N3O2. The molecule has 0 saturated heterocycles. The molecule has 27 heavy (non-hydrogen) atoms. The zero-order valence-electron chi connectivity index (χ0n) is 16.7. The third kappa shape index (κ3) is 3.54. The van der Waals surface area contributed by atoms with Crippen LogP contribution in [0.4, 0.5) is 11.6 Å². The van der Waals surface area contributed by atoms with E-state index in [0.29, 0.717) is 5.56 Å². The number of benzene rings is 1. The highest BCUT2D eigenvalue weighted by molar-refractivity contribution is 6.10. The van der Waals surface area contributed by atoms with Gasteiger partial charge in [-0.3, -0.25) is 9.79 Å². The first-order valence-electron chi connectivity index (χ1n) is 9.39. The SMILES string of the molecule is CCN(CC)c1ccc(C=CC2=Nc3ccc(C(=O)NC)cc3C2(C)C)o1. The molecule has 0 unspecified atom stereocenters. The van der Waals surface area contributed by atoms with E-state index in [4.69, 9.17) is 9.41 Å². The minimum atomic E-state index is -0.274. The Morgan fingerprint density at radius 2 is 1.93 bits per heavy atom. The van der Waals surface area contributed by atoms with Crippen LogP contribution in [-0.4, -0.2) is 31.8 Å². The fraction of sp³-hybridized carbons (Fsp3) is 0.364. The van der Waals surface area contributed by atoms with Crippen molar-refractivity contribution in [1.29, 1.82) is 0 Å². The molecule has 0 atom stereocenters. The largest absolute Gasteiger partial charge is 0.441 e. The summed E-state index contributed by atoms with van der Waals surface area (Å²) in [6.45, 7) is 10.3. The molecule has 0 radical (unpaired) electrons. The van der Waals surface area contributed by atoms with Crippen LogP contribution < -0.4 is 10.2 Å². The molecule has 5 heteroatoms. The number of carbonyl (C=O) groups is 1. The van der Waals surface area contributed by atoms with E-state index < -0.39 is 0 Å². The standard InChI is InChI=1S/C22H27N3O2/c1-6-25(7-2)20-13-10-16(27-20)9-12-19-22(3,4)17-14-15(21(26)23-5)8-11-18(17)24-19/h8-14H,6-7H2,1-5H3,(H,23,26). The van der Waals surface area contributed by atoms with Crippen molar-refractivity contribution in [2.24, 2.45) is 4.99 Å². The second kappa shape index (κ2) is 7.43. The smallest absolute Gasteiger partial charge is 0.251 e. The van der Waals surface area contributed by atoms with Crippen LogP contribution in [0.3, 0.4) is 0 Å². The van der Waals surface area contributed by atoms with Crippen molar-refractivity contribution < 1.29 is 9.21 Å². The van der Waals surface area contributed by atoms with Crippen molar-refractivity contribution in [2.75, 3.05) is 25.0 Å². The zero-order valence-corrected chi connectivity index (χ0v) is 16.7. The molecule has 0 spiro atoms. The van der Waals surface area contributed by atoms with Gasteiger partial charge in [-0.05, 0) is 55.8 Å². The van der Waals surface area contributed by atoms with Gasteiger partial charge in [0.25, 0.3) is 5.91 Å². The number of allylic oxidation sites excluding steroid dienone is 1. The van der Waals surface area contributed by atoms with Gasteiger partial charge in [-0.2, -0.15) is 0 Å². The van der Waals surface area contributed by atoms with Crippen molar-refractivity contribution >= 4 is 29.3 Å². The molecular weight excluding hydrogens is 338 g/mol. The molecule has 2 aromatic rings. The van der Waals surface area contributed by atoms with Crippen LogP contribution in [0, 0.1) is 0 Å². The number of nitrogens with zero attached hydrogens (tertiary/aromatic N) is 2. The topological polar surface area (TPSA) is 57.8 Å². The molecule has 2 heterocycles. The molecule has 5 nitrogen and oxygen atoms in total. The van der Waals surface area contributed by atoms with Crippen LogP contribution in [0.1, 0.15) is 49.4 Å². The van der Waals surface area contributed by atoms with E-state index in [1.165, 1.54) is 0 Å². The molecule has 1 amide bonds. The number of anilines is 1. The highest BCUT2D eigenvalue weighted by atomic mass is 16.4. The molecule has 3 rings (SSSR count). The molecule has 1 aromatic heterocycles. The third-order valence-electron chi connectivity index (χ3n) is 5.13. The van der Waals surface area contributed by atoms with Gasteiger partial charge in [0.2, 0.25) is 0 Å². The molecule has 1 N–H and O–H groups in total. The maximum atomic E-state index is 11.9.